The number of anilines is 3. The molecule has 0 radical (unpaired) electrons. The van der Waals surface area contributed by atoms with Gasteiger partial charge in [0.05, 0.1) is 24.6 Å². The molecule has 2 saturated heterocycles. The molecule has 0 bridgehead atoms. The first-order valence-corrected chi connectivity index (χ1v) is 10.5. The van der Waals surface area contributed by atoms with Crippen molar-refractivity contribution in [2.24, 2.45) is 0 Å². The molecule has 0 atom stereocenters. The van der Waals surface area contributed by atoms with Crippen molar-refractivity contribution in [1.82, 2.24) is 20.3 Å². The quantitative estimate of drug-likeness (QED) is 0.611. The number of piperazine rings is 1. The van der Waals surface area contributed by atoms with Crippen LogP contribution >= 0.6 is 0 Å². The van der Waals surface area contributed by atoms with Crippen molar-refractivity contribution < 1.29 is 4.74 Å². The zero-order valence-electron chi connectivity index (χ0n) is 17.0. The first-order valence-electron chi connectivity index (χ1n) is 10.5. The third-order valence-electron chi connectivity index (χ3n) is 5.71. The first kappa shape index (κ1) is 18.9. The van der Waals surface area contributed by atoms with Gasteiger partial charge in [-0.15, -0.1) is 0 Å². The molecule has 0 spiro atoms. The molecule has 5 heterocycles. The Labute approximate surface area is 176 Å². The number of nitrogens with one attached hydrogen (secondary N) is 2. The summed E-state index contributed by atoms with van der Waals surface area (Å²) >= 11 is 0. The summed E-state index contributed by atoms with van der Waals surface area (Å²) < 4.78 is 5.42. The fraction of sp³-hybridized carbons (Fsp3) is 0.364. The van der Waals surface area contributed by atoms with Crippen LogP contribution in [0.4, 0.5) is 17.3 Å². The molecular formula is C22H27N7O. The van der Waals surface area contributed by atoms with Gasteiger partial charge < -0.3 is 30.6 Å². The second-order valence-corrected chi connectivity index (χ2v) is 7.66. The molecule has 5 rings (SSSR count). The predicted molar refractivity (Wildman–Crippen MR) is 120 cm³/mol. The van der Waals surface area contributed by atoms with Gasteiger partial charge in [0.1, 0.15) is 11.6 Å². The Kier molecular flexibility index (Phi) is 5.25. The summed E-state index contributed by atoms with van der Waals surface area (Å²) in [6, 6.07) is 10.2. The molecule has 8 heteroatoms. The SMILES string of the molecule is Nc1cc(-c2ccnc(-c3ccc(N4CCOCC4)nc3)c2)[nH]c1N1CCNCC1. The maximum absolute atomic E-state index is 6.31. The van der Waals surface area contributed by atoms with E-state index in [0.717, 1.165) is 92.3 Å². The van der Waals surface area contributed by atoms with Crippen molar-refractivity contribution in [3.63, 3.8) is 0 Å². The Morgan fingerprint density at radius 1 is 0.900 bits per heavy atom. The van der Waals surface area contributed by atoms with Crippen molar-refractivity contribution >= 4 is 17.3 Å². The van der Waals surface area contributed by atoms with Gasteiger partial charge in [-0.3, -0.25) is 4.98 Å². The van der Waals surface area contributed by atoms with E-state index in [4.69, 9.17) is 10.5 Å². The summed E-state index contributed by atoms with van der Waals surface area (Å²) in [5.41, 5.74) is 11.0. The first-order chi connectivity index (χ1) is 14.8. The van der Waals surface area contributed by atoms with E-state index in [9.17, 15) is 0 Å². The molecule has 4 N–H and O–H groups in total. The van der Waals surface area contributed by atoms with E-state index < -0.39 is 0 Å². The Hall–Kier alpha value is -3.10. The zero-order chi connectivity index (χ0) is 20.3. The minimum absolute atomic E-state index is 0.752. The maximum Gasteiger partial charge on any atom is 0.130 e. The number of H-pyrrole nitrogens is 1. The fourth-order valence-electron chi connectivity index (χ4n) is 4.04. The number of rotatable bonds is 4. The number of nitrogens with two attached hydrogens (primary N) is 1. The lowest BCUT2D eigenvalue weighted by Crippen LogP contribution is -2.43. The number of nitrogens with zero attached hydrogens (tertiary/aromatic N) is 4. The van der Waals surface area contributed by atoms with Gasteiger partial charge in [0.15, 0.2) is 0 Å². The number of ether oxygens (including phenoxy) is 1. The molecule has 0 aliphatic carbocycles. The van der Waals surface area contributed by atoms with Crippen LogP contribution in [0.3, 0.4) is 0 Å². The van der Waals surface area contributed by atoms with E-state index in [0.29, 0.717) is 0 Å². The Morgan fingerprint density at radius 2 is 1.73 bits per heavy atom. The molecule has 0 saturated carbocycles. The van der Waals surface area contributed by atoms with Crippen LogP contribution in [-0.2, 0) is 4.74 Å². The second kappa shape index (κ2) is 8.33. The van der Waals surface area contributed by atoms with Gasteiger partial charge >= 0.3 is 0 Å². The third-order valence-corrected chi connectivity index (χ3v) is 5.71. The fourth-order valence-corrected chi connectivity index (χ4v) is 4.04. The van der Waals surface area contributed by atoms with Crippen LogP contribution in [0.1, 0.15) is 0 Å². The Balaban J connectivity index is 1.38. The smallest absolute Gasteiger partial charge is 0.130 e. The molecule has 0 aromatic carbocycles. The number of nitrogen functional groups attached to an aromatic ring is 1. The van der Waals surface area contributed by atoms with Gasteiger partial charge in [-0.2, -0.15) is 0 Å². The molecule has 156 valence electrons. The minimum Gasteiger partial charge on any atom is -0.396 e. The molecular weight excluding hydrogens is 378 g/mol. The van der Waals surface area contributed by atoms with Gasteiger partial charge in [-0.1, -0.05) is 0 Å². The van der Waals surface area contributed by atoms with Crippen molar-refractivity contribution in [2.45, 2.75) is 0 Å². The van der Waals surface area contributed by atoms with Crippen LogP contribution in [0.25, 0.3) is 22.5 Å². The molecule has 8 nitrogen and oxygen atoms in total. The number of aromatic nitrogens is 3. The van der Waals surface area contributed by atoms with Crippen LogP contribution in [0.15, 0.2) is 42.7 Å². The van der Waals surface area contributed by atoms with Crippen LogP contribution in [0.2, 0.25) is 0 Å². The number of hydrogen-bond donors (Lipinski definition) is 3. The molecule has 0 unspecified atom stereocenters. The summed E-state index contributed by atoms with van der Waals surface area (Å²) in [6.45, 7) is 7.11. The molecule has 3 aromatic heterocycles. The topological polar surface area (TPSA) is 95.3 Å². The normalized spacial score (nSPS) is 17.3. The average molecular weight is 406 g/mol. The van der Waals surface area contributed by atoms with E-state index in [2.05, 4.69) is 48.3 Å². The Morgan fingerprint density at radius 3 is 2.50 bits per heavy atom. The number of aromatic amines is 1. The van der Waals surface area contributed by atoms with Crippen molar-refractivity contribution in [3.05, 3.63) is 42.7 Å². The molecule has 0 amide bonds. The largest absolute Gasteiger partial charge is 0.396 e. The van der Waals surface area contributed by atoms with Gasteiger partial charge in [-0.05, 0) is 30.3 Å². The molecule has 2 aliphatic heterocycles. The van der Waals surface area contributed by atoms with E-state index >= 15 is 0 Å². The summed E-state index contributed by atoms with van der Waals surface area (Å²) in [4.78, 5) is 17.3. The maximum atomic E-state index is 6.31. The van der Waals surface area contributed by atoms with E-state index in [-0.39, 0.29) is 0 Å². The van der Waals surface area contributed by atoms with E-state index in [1.807, 2.05) is 24.5 Å². The van der Waals surface area contributed by atoms with Crippen molar-refractivity contribution in [3.8, 4) is 22.5 Å². The third kappa shape index (κ3) is 3.83. The highest BCUT2D eigenvalue weighted by Crippen LogP contribution is 2.31. The van der Waals surface area contributed by atoms with Gasteiger partial charge in [0.25, 0.3) is 0 Å². The van der Waals surface area contributed by atoms with Gasteiger partial charge in [0.2, 0.25) is 0 Å². The van der Waals surface area contributed by atoms with E-state index in [1.54, 1.807) is 0 Å². The highest BCUT2D eigenvalue weighted by molar-refractivity contribution is 5.77. The summed E-state index contributed by atoms with van der Waals surface area (Å²) in [6.07, 6.45) is 3.73. The average Bonchev–Trinajstić information content (AvgIpc) is 3.22. The summed E-state index contributed by atoms with van der Waals surface area (Å²) in [5, 5.41) is 3.37. The van der Waals surface area contributed by atoms with Gasteiger partial charge in [0, 0.05) is 68.5 Å². The predicted octanol–water partition coefficient (Wildman–Crippen LogP) is 1.97. The highest BCUT2D eigenvalue weighted by atomic mass is 16.5. The second-order valence-electron chi connectivity index (χ2n) is 7.66. The Bertz CT molecular complexity index is 989. The number of hydrogen-bond acceptors (Lipinski definition) is 7. The van der Waals surface area contributed by atoms with Crippen LogP contribution in [0.5, 0.6) is 0 Å². The van der Waals surface area contributed by atoms with Crippen LogP contribution in [0, 0.1) is 0 Å². The lowest BCUT2D eigenvalue weighted by Gasteiger charge is -2.28. The number of pyridine rings is 2. The highest BCUT2D eigenvalue weighted by Gasteiger charge is 2.17. The standard InChI is InChI=1S/C22H27N7O/c23-18-14-20(27-22(18)29-7-5-24-6-8-29)16-3-4-25-19(13-16)17-1-2-21(26-15-17)28-9-11-30-12-10-28/h1-4,13-15,24,27H,5-12,23H2. The van der Waals surface area contributed by atoms with E-state index in [1.165, 1.54) is 0 Å². The van der Waals surface area contributed by atoms with Crippen molar-refractivity contribution in [1.29, 1.82) is 0 Å². The molecule has 2 fully saturated rings. The summed E-state index contributed by atoms with van der Waals surface area (Å²) in [5.74, 6) is 1.98. The number of morpholine rings is 1. The van der Waals surface area contributed by atoms with Gasteiger partial charge in [-0.25, -0.2) is 4.98 Å². The monoisotopic (exact) mass is 405 g/mol. The lowest BCUT2D eigenvalue weighted by molar-refractivity contribution is 0.122. The van der Waals surface area contributed by atoms with Crippen LogP contribution in [-0.4, -0.2) is 67.4 Å². The van der Waals surface area contributed by atoms with Crippen molar-refractivity contribution in [2.75, 3.05) is 68.0 Å². The minimum atomic E-state index is 0.752. The molecule has 30 heavy (non-hydrogen) atoms. The summed E-state index contributed by atoms with van der Waals surface area (Å²) in [7, 11) is 0. The molecule has 3 aromatic rings. The lowest BCUT2D eigenvalue weighted by atomic mass is 10.1. The molecule has 2 aliphatic rings. The zero-order valence-corrected chi connectivity index (χ0v) is 17.0. The van der Waals surface area contributed by atoms with Crippen LogP contribution < -0.4 is 20.9 Å².